The molecule has 2 rings (SSSR count). The number of nitrogens with zero attached hydrogens (tertiary/aromatic N) is 2. The van der Waals surface area contributed by atoms with E-state index in [1.165, 1.54) is 11.1 Å². The first-order valence-electron chi connectivity index (χ1n) is 9.07. The van der Waals surface area contributed by atoms with E-state index in [9.17, 15) is 9.59 Å². The summed E-state index contributed by atoms with van der Waals surface area (Å²) in [4.78, 5) is 28.2. The Morgan fingerprint density at radius 2 is 1.76 bits per heavy atom. The lowest BCUT2D eigenvalue weighted by molar-refractivity contribution is -0.121. The first-order chi connectivity index (χ1) is 12.0. The first kappa shape index (κ1) is 19.4. The largest absolute Gasteiger partial charge is 0.335 e. The minimum absolute atomic E-state index is 0.0674. The molecule has 1 heterocycles. The number of piperazine rings is 1. The number of carbonyl (C=O) groups is 2. The van der Waals surface area contributed by atoms with Crippen LogP contribution in [0, 0.1) is 6.92 Å². The molecule has 0 bridgehead atoms. The van der Waals surface area contributed by atoms with E-state index >= 15 is 0 Å². The maximum Gasteiger partial charge on any atom is 0.321 e. The van der Waals surface area contributed by atoms with Gasteiger partial charge < -0.3 is 5.32 Å². The van der Waals surface area contributed by atoms with Crippen LogP contribution < -0.4 is 10.6 Å². The average Bonchev–Trinajstić information content (AvgIpc) is 2.58. The SMILES string of the molecule is CC[C@H](C)NC(=O)NC(=O)CN1CCN(Cc2ccccc2C)CC1. The van der Waals surface area contributed by atoms with Crippen LogP contribution in [0.25, 0.3) is 0 Å². The summed E-state index contributed by atoms with van der Waals surface area (Å²) in [5.74, 6) is -0.242. The zero-order chi connectivity index (χ0) is 18.2. The van der Waals surface area contributed by atoms with Gasteiger partial charge >= 0.3 is 6.03 Å². The Kier molecular flexibility index (Phi) is 7.40. The summed E-state index contributed by atoms with van der Waals surface area (Å²) in [7, 11) is 0. The topological polar surface area (TPSA) is 64.7 Å². The van der Waals surface area contributed by atoms with Crippen molar-refractivity contribution in [2.75, 3.05) is 32.7 Å². The van der Waals surface area contributed by atoms with Gasteiger partial charge in [-0.15, -0.1) is 0 Å². The standard InChI is InChI=1S/C19H30N4O2/c1-4-16(3)20-19(25)21-18(24)14-23-11-9-22(10-12-23)13-17-8-6-5-7-15(17)2/h5-8,16H,4,9-14H2,1-3H3,(H2,20,21,24,25)/t16-/m0/s1. The van der Waals surface area contributed by atoms with Crippen LogP contribution in [0.4, 0.5) is 4.79 Å². The zero-order valence-electron chi connectivity index (χ0n) is 15.5. The number of nitrogens with one attached hydrogen (secondary N) is 2. The van der Waals surface area contributed by atoms with E-state index in [0.29, 0.717) is 0 Å². The lowest BCUT2D eigenvalue weighted by Gasteiger charge is -2.34. The monoisotopic (exact) mass is 346 g/mol. The predicted octanol–water partition coefficient (Wildman–Crippen LogP) is 1.74. The molecule has 6 nitrogen and oxygen atoms in total. The number of urea groups is 1. The van der Waals surface area contributed by atoms with Gasteiger partial charge in [-0.05, 0) is 31.4 Å². The molecule has 25 heavy (non-hydrogen) atoms. The van der Waals surface area contributed by atoms with E-state index in [1.807, 2.05) is 13.8 Å². The van der Waals surface area contributed by atoms with E-state index in [-0.39, 0.29) is 18.5 Å². The van der Waals surface area contributed by atoms with Crippen molar-refractivity contribution in [3.63, 3.8) is 0 Å². The van der Waals surface area contributed by atoms with Crippen molar-refractivity contribution in [1.82, 2.24) is 20.4 Å². The highest BCUT2D eigenvalue weighted by molar-refractivity contribution is 5.95. The molecular formula is C19H30N4O2. The van der Waals surface area contributed by atoms with Gasteiger partial charge in [-0.2, -0.15) is 0 Å². The third-order valence-corrected chi connectivity index (χ3v) is 4.73. The third-order valence-electron chi connectivity index (χ3n) is 4.73. The van der Waals surface area contributed by atoms with Crippen LogP contribution >= 0.6 is 0 Å². The maximum absolute atomic E-state index is 12.0. The molecule has 1 fully saturated rings. The minimum Gasteiger partial charge on any atom is -0.335 e. The average molecular weight is 346 g/mol. The number of benzene rings is 1. The number of imide groups is 1. The van der Waals surface area contributed by atoms with Crippen LogP contribution in [0.3, 0.4) is 0 Å². The van der Waals surface area contributed by atoms with Crippen molar-refractivity contribution in [1.29, 1.82) is 0 Å². The van der Waals surface area contributed by atoms with Gasteiger partial charge in [0, 0.05) is 38.8 Å². The Morgan fingerprint density at radius 1 is 1.12 bits per heavy atom. The molecule has 0 aromatic heterocycles. The molecule has 1 aromatic carbocycles. The highest BCUT2D eigenvalue weighted by atomic mass is 16.2. The van der Waals surface area contributed by atoms with Crippen LogP contribution in [-0.4, -0.2) is 60.5 Å². The van der Waals surface area contributed by atoms with Gasteiger partial charge in [0.1, 0.15) is 0 Å². The molecule has 1 aliphatic rings. The molecule has 1 aliphatic heterocycles. The third kappa shape index (κ3) is 6.48. The molecule has 1 saturated heterocycles. The van der Waals surface area contributed by atoms with E-state index in [4.69, 9.17) is 0 Å². The van der Waals surface area contributed by atoms with E-state index < -0.39 is 6.03 Å². The first-order valence-corrected chi connectivity index (χ1v) is 9.07. The number of hydrogen-bond donors (Lipinski definition) is 2. The molecule has 138 valence electrons. The number of aryl methyl sites for hydroxylation is 1. The zero-order valence-corrected chi connectivity index (χ0v) is 15.5. The summed E-state index contributed by atoms with van der Waals surface area (Å²) < 4.78 is 0. The van der Waals surface area contributed by atoms with E-state index in [1.54, 1.807) is 0 Å². The van der Waals surface area contributed by atoms with Gasteiger partial charge in [0.2, 0.25) is 5.91 Å². The van der Waals surface area contributed by atoms with Crippen molar-refractivity contribution in [3.05, 3.63) is 35.4 Å². The van der Waals surface area contributed by atoms with Crippen molar-refractivity contribution in [2.45, 2.75) is 39.8 Å². The fraction of sp³-hybridized carbons (Fsp3) is 0.579. The van der Waals surface area contributed by atoms with Crippen molar-refractivity contribution >= 4 is 11.9 Å². The summed E-state index contributed by atoms with van der Waals surface area (Å²) in [5, 5.41) is 5.15. The summed E-state index contributed by atoms with van der Waals surface area (Å²) in [6.07, 6.45) is 0.838. The Bertz CT molecular complexity index is 583. The number of amides is 3. The normalized spacial score (nSPS) is 17.1. The molecule has 0 spiro atoms. The van der Waals surface area contributed by atoms with Gasteiger partial charge in [-0.25, -0.2) is 4.79 Å². The predicted molar refractivity (Wildman–Crippen MR) is 99.3 cm³/mol. The molecule has 0 aliphatic carbocycles. The van der Waals surface area contributed by atoms with Gasteiger partial charge in [-0.3, -0.25) is 19.9 Å². The quantitative estimate of drug-likeness (QED) is 0.823. The lowest BCUT2D eigenvalue weighted by Crippen LogP contribution is -2.51. The molecule has 3 amide bonds. The molecule has 1 aromatic rings. The Hall–Kier alpha value is -1.92. The molecule has 0 saturated carbocycles. The highest BCUT2D eigenvalue weighted by Crippen LogP contribution is 2.12. The van der Waals surface area contributed by atoms with Gasteiger partial charge in [0.25, 0.3) is 0 Å². The van der Waals surface area contributed by atoms with Gasteiger partial charge in [-0.1, -0.05) is 31.2 Å². The molecule has 0 unspecified atom stereocenters. The van der Waals surface area contributed by atoms with Crippen LogP contribution in [0.2, 0.25) is 0 Å². The molecule has 0 radical (unpaired) electrons. The van der Waals surface area contributed by atoms with Crippen LogP contribution in [0.15, 0.2) is 24.3 Å². The number of rotatable bonds is 6. The summed E-state index contributed by atoms with van der Waals surface area (Å²) in [6.45, 7) is 10.8. The van der Waals surface area contributed by atoms with E-state index in [0.717, 1.165) is 39.1 Å². The summed E-state index contributed by atoms with van der Waals surface area (Å²) >= 11 is 0. The maximum atomic E-state index is 12.0. The fourth-order valence-electron chi connectivity index (χ4n) is 2.87. The second-order valence-electron chi connectivity index (χ2n) is 6.81. The summed E-state index contributed by atoms with van der Waals surface area (Å²) in [5.41, 5.74) is 2.67. The highest BCUT2D eigenvalue weighted by Gasteiger charge is 2.20. The minimum atomic E-state index is -0.405. The van der Waals surface area contributed by atoms with Crippen LogP contribution in [0.5, 0.6) is 0 Å². The molecule has 1 atom stereocenters. The lowest BCUT2D eigenvalue weighted by atomic mass is 10.1. The Morgan fingerprint density at radius 3 is 2.40 bits per heavy atom. The van der Waals surface area contributed by atoms with Crippen molar-refractivity contribution in [2.24, 2.45) is 0 Å². The smallest absolute Gasteiger partial charge is 0.321 e. The number of carbonyl (C=O) groups excluding carboxylic acids is 2. The second-order valence-corrected chi connectivity index (χ2v) is 6.81. The summed E-state index contributed by atoms with van der Waals surface area (Å²) in [6, 6.07) is 8.11. The van der Waals surface area contributed by atoms with Gasteiger partial charge in [0.15, 0.2) is 0 Å². The Balaban J connectivity index is 1.70. The van der Waals surface area contributed by atoms with Crippen LogP contribution in [-0.2, 0) is 11.3 Å². The molecule has 6 heteroatoms. The molecular weight excluding hydrogens is 316 g/mol. The Labute approximate surface area is 150 Å². The van der Waals surface area contributed by atoms with Crippen LogP contribution in [0.1, 0.15) is 31.4 Å². The van der Waals surface area contributed by atoms with Crippen molar-refractivity contribution in [3.8, 4) is 0 Å². The second kappa shape index (κ2) is 9.53. The fourth-order valence-corrected chi connectivity index (χ4v) is 2.87. The number of hydrogen-bond acceptors (Lipinski definition) is 4. The van der Waals surface area contributed by atoms with Gasteiger partial charge in [0.05, 0.1) is 6.54 Å². The van der Waals surface area contributed by atoms with E-state index in [2.05, 4.69) is 51.6 Å². The van der Waals surface area contributed by atoms with Crippen molar-refractivity contribution < 1.29 is 9.59 Å². The molecule has 2 N–H and O–H groups in total.